The molecule has 0 radical (unpaired) electrons. The van der Waals surface area contributed by atoms with Gasteiger partial charge in [0.2, 0.25) is 0 Å². The van der Waals surface area contributed by atoms with Crippen molar-refractivity contribution in [2.75, 3.05) is 0 Å². The Morgan fingerprint density at radius 2 is 2.03 bits per heavy atom. The van der Waals surface area contributed by atoms with Gasteiger partial charge in [-0.15, -0.1) is 15.3 Å². The van der Waals surface area contributed by atoms with Gasteiger partial charge in [0.1, 0.15) is 24.6 Å². The molecule has 2 bridgehead atoms. The molecule has 1 aromatic carbocycles. The van der Waals surface area contributed by atoms with E-state index < -0.39 is 6.17 Å². The first-order valence-electron chi connectivity index (χ1n) is 9.76. The Morgan fingerprint density at radius 1 is 1.23 bits per heavy atom. The Labute approximate surface area is 173 Å². The number of phenols is 1. The van der Waals surface area contributed by atoms with Crippen molar-refractivity contribution in [1.82, 2.24) is 30.3 Å². The number of aromatic nitrogens is 5. The molecule has 0 spiro atoms. The van der Waals surface area contributed by atoms with E-state index in [2.05, 4.69) is 39.2 Å². The van der Waals surface area contributed by atoms with Gasteiger partial charge in [-0.05, 0) is 43.2 Å². The molecule has 2 aliphatic rings. The summed E-state index contributed by atoms with van der Waals surface area (Å²) in [5, 5.41) is 29.8. The maximum absolute atomic E-state index is 14.9. The second-order valence-electron chi connectivity index (χ2n) is 8.10. The van der Waals surface area contributed by atoms with Crippen molar-refractivity contribution in [3.05, 3.63) is 67.4 Å². The predicted molar refractivity (Wildman–Crippen MR) is 111 cm³/mol. The molecule has 4 atom stereocenters. The highest BCUT2D eigenvalue weighted by atomic mass is 19.1. The first kappa shape index (κ1) is 18.6. The molecular formula is C22H21FN6O. The highest BCUT2D eigenvalue weighted by Gasteiger charge is 2.46. The number of aromatic hydroxyl groups is 1. The molecule has 0 amide bonds. The minimum atomic E-state index is -1.06. The van der Waals surface area contributed by atoms with Crippen LogP contribution in [0, 0.1) is 5.92 Å². The van der Waals surface area contributed by atoms with Crippen LogP contribution >= 0.6 is 0 Å². The van der Waals surface area contributed by atoms with Gasteiger partial charge < -0.3 is 5.11 Å². The van der Waals surface area contributed by atoms with Crippen LogP contribution in [0.3, 0.4) is 0 Å². The number of piperidine rings is 1. The molecule has 2 aliphatic heterocycles. The molecule has 8 heteroatoms. The number of allylic oxidation sites excluding steroid dienone is 1. The summed E-state index contributed by atoms with van der Waals surface area (Å²) in [5.41, 5.74) is 2.81. The van der Waals surface area contributed by atoms with E-state index in [9.17, 15) is 9.50 Å². The lowest BCUT2D eigenvalue weighted by molar-refractivity contribution is 0.146. The van der Waals surface area contributed by atoms with Crippen molar-refractivity contribution in [1.29, 1.82) is 0 Å². The van der Waals surface area contributed by atoms with Gasteiger partial charge in [-0.3, -0.25) is 9.88 Å². The molecule has 2 aromatic heterocycles. The topological polar surface area (TPSA) is 88.8 Å². The number of fused-ring (bicyclic) bond motifs is 2. The summed E-state index contributed by atoms with van der Waals surface area (Å²) < 4.78 is 16.6. The van der Waals surface area contributed by atoms with E-state index in [0.717, 1.165) is 5.69 Å². The number of nitrogens with one attached hydrogen (secondary N) is 1. The van der Waals surface area contributed by atoms with Gasteiger partial charge in [0, 0.05) is 23.1 Å². The minimum Gasteiger partial charge on any atom is -0.507 e. The van der Waals surface area contributed by atoms with Gasteiger partial charge in [0.05, 0.1) is 23.1 Å². The van der Waals surface area contributed by atoms with Crippen LogP contribution in [0.5, 0.6) is 5.75 Å². The van der Waals surface area contributed by atoms with Crippen LogP contribution in [-0.4, -0.2) is 47.8 Å². The fourth-order valence-corrected chi connectivity index (χ4v) is 4.31. The summed E-state index contributed by atoms with van der Waals surface area (Å²) >= 11 is 0. The van der Waals surface area contributed by atoms with Crippen molar-refractivity contribution < 1.29 is 9.50 Å². The summed E-state index contributed by atoms with van der Waals surface area (Å²) in [6, 6.07) is 8.46. The number of hydrogen-bond donors (Lipinski definition) is 2. The van der Waals surface area contributed by atoms with Crippen molar-refractivity contribution in [2.24, 2.45) is 5.92 Å². The standard InChI is InChI=1S/C22H21FN6O/c1-13(16-10-22(2)8-7-19(26-22)21(16)23)17-5-6-18(28-27-17)15-4-3-14(9-20(15)30)29-11-24-25-12-29/h3-9,11-12,16,19,21,26,30H,1,10H2,2H3/t16-,19-,21+,22+/m1/s1. The van der Waals surface area contributed by atoms with Crippen molar-refractivity contribution >= 4 is 5.57 Å². The fourth-order valence-electron chi connectivity index (χ4n) is 4.31. The maximum Gasteiger partial charge on any atom is 0.127 e. The fraction of sp³-hybridized carbons (Fsp3) is 0.273. The summed E-state index contributed by atoms with van der Waals surface area (Å²) in [4.78, 5) is 0. The van der Waals surface area contributed by atoms with Gasteiger partial charge >= 0.3 is 0 Å². The number of rotatable bonds is 4. The smallest absolute Gasteiger partial charge is 0.127 e. The van der Waals surface area contributed by atoms with E-state index in [1.54, 1.807) is 41.5 Å². The third-order valence-electron chi connectivity index (χ3n) is 5.95. The Kier molecular flexibility index (Phi) is 4.25. The Balaban J connectivity index is 1.38. The summed E-state index contributed by atoms with van der Waals surface area (Å²) in [6.45, 7) is 6.19. The molecule has 30 heavy (non-hydrogen) atoms. The molecule has 0 unspecified atom stereocenters. The van der Waals surface area contributed by atoms with E-state index in [-0.39, 0.29) is 23.2 Å². The van der Waals surface area contributed by atoms with Crippen LogP contribution in [0.25, 0.3) is 22.5 Å². The number of alkyl halides is 1. The van der Waals surface area contributed by atoms with Crippen LogP contribution in [0.1, 0.15) is 19.0 Å². The zero-order valence-corrected chi connectivity index (χ0v) is 16.4. The largest absolute Gasteiger partial charge is 0.507 e. The van der Waals surface area contributed by atoms with Gasteiger partial charge in [0.15, 0.2) is 0 Å². The predicted octanol–water partition coefficient (Wildman–Crippen LogP) is 3.09. The minimum absolute atomic E-state index is 0.0693. The highest BCUT2D eigenvalue weighted by molar-refractivity contribution is 5.70. The molecule has 0 saturated carbocycles. The quantitative estimate of drug-likeness (QED) is 0.650. The zero-order chi connectivity index (χ0) is 20.9. The number of benzene rings is 1. The summed E-state index contributed by atoms with van der Waals surface area (Å²) in [6.07, 6.45) is 6.61. The van der Waals surface area contributed by atoms with Crippen LogP contribution in [0.4, 0.5) is 4.39 Å². The molecule has 7 nitrogen and oxygen atoms in total. The van der Waals surface area contributed by atoms with E-state index in [4.69, 9.17) is 0 Å². The second kappa shape index (κ2) is 6.84. The first-order valence-corrected chi connectivity index (χ1v) is 9.76. The Hall–Kier alpha value is -3.39. The maximum atomic E-state index is 14.9. The molecular weight excluding hydrogens is 383 g/mol. The second-order valence-corrected chi connectivity index (χ2v) is 8.10. The van der Waals surface area contributed by atoms with E-state index in [1.165, 1.54) is 0 Å². The van der Waals surface area contributed by atoms with Gasteiger partial charge in [-0.25, -0.2) is 4.39 Å². The molecule has 0 aliphatic carbocycles. The molecule has 4 heterocycles. The Morgan fingerprint density at radius 3 is 2.73 bits per heavy atom. The average molecular weight is 404 g/mol. The first-order chi connectivity index (χ1) is 14.4. The third-order valence-corrected chi connectivity index (χ3v) is 5.95. The lowest BCUT2D eigenvalue weighted by Gasteiger charge is -2.39. The van der Waals surface area contributed by atoms with Gasteiger partial charge in [0.25, 0.3) is 0 Å². The van der Waals surface area contributed by atoms with Gasteiger partial charge in [-0.2, -0.15) is 5.10 Å². The molecule has 2 N–H and O–H groups in total. The normalized spacial score (nSPS) is 27.3. The van der Waals surface area contributed by atoms with E-state index >= 15 is 0 Å². The summed E-state index contributed by atoms with van der Waals surface area (Å²) in [5.74, 6) is -0.257. The molecule has 1 saturated heterocycles. The summed E-state index contributed by atoms with van der Waals surface area (Å²) in [7, 11) is 0. The van der Waals surface area contributed by atoms with Crippen molar-refractivity contribution in [3.8, 4) is 22.7 Å². The number of phenolic OH excluding ortho intramolecular Hbond substituents is 1. The third kappa shape index (κ3) is 3.09. The number of halogens is 1. The Bertz CT molecular complexity index is 1130. The molecule has 3 aromatic rings. The van der Waals surface area contributed by atoms with Crippen molar-refractivity contribution in [3.63, 3.8) is 0 Å². The SMILES string of the molecule is C=C(c1ccc(-c2ccc(-n3cnnc3)cc2O)nn1)[C@H]1C[C@]2(C)C=C[C@@H](N2)[C@H]1F. The monoisotopic (exact) mass is 404 g/mol. The highest BCUT2D eigenvalue weighted by Crippen LogP contribution is 2.41. The van der Waals surface area contributed by atoms with Crippen LogP contribution in [0.15, 0.2) is 61.7 Å². The molecule has 5 rings (SSSR count). The molecule has 1 fully saturated rings. The van der Waals surface area contributed by atoms with E-state index in [0.29, 0.717) is 28.9 Å². The average Bonchev–Trinajstić information content (AvgIpc) is 3.39. The van der Waals surface area contributed by atoms with Crippen LogP contribution < -0.4 is 5.32 Å². The lowest BCUT2D eigenvalue weighted by atomic mass is 9.78. The number of nitrogens with zero attached hydrogens (tertiary/aromatic N) is 5. The zero-order valence-electron chi connectivity index (χ0n) is 16.4. The van der Waals surface area contributed by atoms with Crippen LogP contribution in [-0.2, 0) is 0 Å². The van der Waals surface area contributed by atoms with Crippen LogP contribution in [0.2, 0.25) is 0 Å². The van der Waals surface area contributed by atoms with Gasteiger partial charge in [-0.1, -0.05) is 18.7 Å². The van der Waals surface area contributed by atoms with Crippen molar-refractivity contribution in [2.45, 2.75) is 31.1 Å². The molecule has 152 valence electrons. The number of hydrogen-bond acceptors (Lipinski definition) is 6. The lowest BCUT2D eigenvalue weighted by Crippen LogP contribution is -2.54. The van der Waals surface area contributed by atoms with E-state index in [1.807, 2.05) is 18.2 Å².